The number of halogens is 3. The lowest BCUT2D eigenvalue weighted by molar-refractivity contribution is -0.352. The monoisotopic (exact) mass is 351 g/mol. The molecular weight excluding hydrogens is 335 g/mol. The van der Waals surface area contributed by atoms with Crippen molar-refractivity contribution in [3.8, 4) is 0 Å². The number of aromatic nitrogens is 2. The van der Waals surface area contributed by atoms with Crippen LogP contribution in [0.3, 0.4) is 0 Å². The molecule has 24 heavy (non-hydrogen) atoms. The molecule has 0 unspecified atom stereocenters. The van der Waals surface area contributed by atoms with Crippen molar-refractivity contribution in [2.24, 2.45) is 0 Å². The molecule has 2 fully saturated rings. The second-order valence-corrected chi connectivity index (χ2v) is 5.89. The first-order valence-electron chi connectivity index (χ1n) is 7.49. The fraction of sp³-hybridized carbons (Fsp3) is 0.769. The second kappa shape index (κ2) is 6.55. The van der Waals surface area contributed by atoms with Crippen LogP contribution in [0, 0.1) is 0 Å². The van der Waals surface area contributed by atoms with Gasteiger partial charge in [0.1, 0.15) is 6.10 Å². The van der Waals surface area contributed by atoms with E-state index in [2.05, 4.69) is 20.2 Å². The van der Waals surface area contributed by atoms with Gasteiger partial charge in [-0.3, -0.25) is 4.74 Å². The summed E-state index contributed by atoms with van der Waals surface area (Å²) in [5.41, 5.74) is 0. The number of carbonyl (C=O) groups is 1. The van der Waals surface area contributed by atoms with Crippen LogP contribution in [0.25, 0.3) is 0 Å². The largest absolute Gasteiger partial charge is 0.522 e. The van der Waals surface area contributed by atoms with E-state index in [9.17, 15) is 18.0 Å². The van der Waals surface area contributed by atoms with Gasteiger partial charge in [0.15, 0.2) is 5.82 Å². The van der Waals surface area contributed by atoms with Gasteiger partial charge in [-0.05, 0) is 25.7 Å². The Bertz CT molecular complexity index is 580. The zero-order valence-electron chi connectivity index (χ0n) is 12.5. The first kappa shape index (κ1) is 17.0. The summed E-state index contributed by atoms with van der Waals surface area (Å²) in [6.07, 6.45) is -5.58. The molecule has 1 aromatic rings. The van der Waals surface area contributed by atoms with E-state index >= 15 is 0 Å². The molecule has 1 saturated carbocycles. The number of amides is 1. The first-order chi connectivity index (χ1) is 11.3. The van der Waals surface area contributed by atoms with Crippen LogP contribution in [0.2, 0.25) is 0 Å². The summed E-state index contributed by atoms with van der Waals surface area (Å²) in [6, 6.07) is -0.284. The van der Waals surface area contributed by atoms with Crippen molar-refractivity contribution < 1.29 is 37.1 Å². The minimum atomic E-state index is -4.63. The SMILES string of the molecule is O=C(O)N[C@@H]1CC[C@@H](c2nc(C3CC(OC(F)(F)F)C3)no2)OC1. The molecule has 8 nitrogen and oxygen atoms in total. The van der Waals surface area contributed by atoms with E-state index in [0.717, 1.165) is 0 Å². The Balaban J connectivity index is 1.48. The molecule has 3 rings (SSSR count). The van der Waals surface area contributed by atoms with E-state index in [1.807, 2.05) is 0 Å². The normalized spacial score (nSPS) is 30.6. The van der Waals surface area contributed by atoms with Crippen LogP contribution in [0.15, 0.2) is 4.52 Å². The summed E-state index contributed by atoms with van der Waals surface area (Å²) in [4.78, 5) is 14.8. The number of rotatable bonds is 4. The molecule has 2 N–H and O–H groups in total. The van der Waals surface area contributed by atoms with Gasteiger partial charge in [-0.2, -0.15) is 4.98 Å². The molecule has 2 heterocycles. The maximum absolute atomic E-state index is 12.1. The number of hydrogen-bond acceptors (Lipinski definition) is 6. The maximum Gasteiger partial charge on any atom is 0.522 e. The van der Waals surface area contributed by atoms with Crippen molar-refractivity contribution >= 4 is 6.09 Å². The first-order valence-corrected chi connectivity index (χ1v) is 7.49. The van der Waals surface area contributed by atoms with Gasteiger partial charge in [0.2, 0.25) is 0 Å². The molecule has 11 heteroatoms. The Kier molecular flexibility index (Phi) is 4.63. The Morgan fingerprint density at radius 3 is 2.67 bits per heavy atom. The molecule has 0 bridgehead atoms. The van der Waals surface area contributed by atoms with Crippen LogP contribution >= 0.6 is 0 Å². The summed E-state index contributed by atoms with van der Waals surface area (Å²) < 4.78 is 50.8. The van der Waals surface area contributed by atoms with E-state index in [4.69, 9.17) is 14.4 Å². The third-order valence-electron chi connectivity index (χ3n) is 4.10. The van der Waals surface area contributed by atoms with Gasteiger partial charge in [-0.25, -0.2) is 4.79 Å². The minimum Gasteiger partial charge on any atom is -0.465 e. The van der Waals surface area contributed by atoms with Gasteiger partial charge in [0.25, 0.3) is 5.89 Å². The zero-order chi connectivity index (χ0) is 17.3. The number of carboxylic acid groups (broad SMARTS) is 1. The number of nitrogens with zero attached hydrogens (tertiary/aromatic N) is 2. The highest BCUT2D eigenvalue weighted by Gasteiger charge is 2.42. The van der Waals surface area contributed by atoms with Gasteiger partial charge in [0.05, 0.1) is 18.8 Å². The molecule has 0 spiro atoms. The van der Waals surface area contributed by atoms with Crippen LogP contribution in [-0.4, -0.2) is 46.5 Å². The van der Waals surface area contributed by atoms with Crippen molar-refractivity contribution in [1.82, 2.24) is 15.5 Å². The van der Waals surface area contributed by atoms with Crippen molar-refractivity contribution in [3.63, 3.8) is 0 Å². The third kappa shape index (κ3) is 4.15. The van der Waals surface area contributed by atoms with Crippen LogP contribution in [0.1, 0.15) is 49.4 Å². The van der Waals surface area contributed by atoms with Gasteiger partial charge in [0, 0.05) is 5.92 Å². The molecule has 0 aromatic carbocycles. The highest BCUT2D eigenvalue weighted by atomic mass is 19.4. The summed E-state index contributed by atoms with van der Waals surface area (Å²) >= 11 is 0. The molecule has 2 atom stereocenters. The average molecular weight is 351 g/mol. The molecule has 2 aliphatic rings. The maximum atomic E-state index is 12.1. The summed E-state index contributed by atoms with van der Waals surface area (Å²) in [7, 11) is 0. The zero-order valence-corrected chi connectivity index (χ0v) is 12.5. The Morgan fingerprint density at radius 1 is 1.33 bits per heavy atom. The lowest BCUT2D eigenvalue weighted by atomic mass is 9.82. The molecule has 0 radical (unpaired) electrons. The highest BCUT2D eigenvalue weighted by Crippen LogP contribution is 2.40. The molecule has 134 valence electrons. The van der Waals surface area contributed by atoms with Crippen molar-refractivity contribution in [1.29, 1.82) is 0 Å². The lowest BCUT2D eigenvalue weighted by Crippen LogP contribution is -2.40. The van der Waals surface area contributed by atoms with E-state index in [1.54, 1.807) is 0 Å². The van der Waals surface area contributed by atoms with E-state index in [-0.39, 0.29) is 37.3 Å². The van der Waals surface area contributed by atoms with E-state index in [1.165, 1.54) is 0 Å². The van der Waals surface area contributed by atoms with Crippen molar-refractivity contribution in [2.75, 3.05) is 6.61 Å². The second-order valence-electron chi connectivity index (χ2n) is 5.89. The Hall–Kier alpha value is -1.88. The lowest BCUT2D eigenvalue weighted by Gasteiger charge is -2.33. The smallest absolute Gasteiger partial charge is 0.465 e. The number of alkyl halides is 3. The molecule has 1 aliphatic carbocycles. The number of hydrogen-bond donors (Lipinski definition) is 2. The molecule has 1 aromatic heterocycles. The third-order valence-corrected chi connectivity index (χ3v) is 4.10. The van der Waals surface area contributed by atoms with Crippen LogP contribution in [-0.2, 0) is 9.47 Å². The summed E-state index contributed by atoms with van der Waals surface area (Å²) in [5.74, 6) is 0.389. The highest BCUT2D eigenvalue weighted by molar-refractivity contribution is 5.64. The molecule has 1 aliphatic heterocycles. The van der Waals surface area contributed by atoms with E-state index in [0.29, 0.717) is 18.7 Å². The van der Waals surface area contributed by atoms with Crippen LogP contribution in [0.5, 0.6) is 0 Å². The molecular formula is C13H16F3N3O5. The molecule has 1 amide bonds. The predicted octanol–water partition coefficient (Wildman–Crippen LogP) is 2.34. The number of nitrogens with one attached hydrogen (secondary N) is 1. The van der Waals surface area contributed by atoms with Crippen LogP contribution < -0.4 is 5.32 Å². The van der Waals surface area contributed by atoms with Crippen molar-refractivity contribution in [2.45, 2.75) is 56.2 Å². The summed E-state index contributed by atoms with van der Waals surface area (Å²) in [5, 5.41) is 14.8. The fourth-order valence-corrected chi connectivity index (χ4v) is 2.84. The summed E-state index contributed by atoms with van der Waals surface area (Å²) in [6.45, 7) is 0.194. The predicted molar refractivity (Wildman–Crippen MR) is 70.1 cm³/mol. The number of ether oxygens (including phenoxy) is 2. The quantitative estimate of drug-likeness (QED) is 0.857. The Morgan fingerprint density at radius 2 is 2.08 bits per heavy atom. The van der Waals surface area contributed by atoms with Gasteiger partial charge in [-0.15, -0.1) is 13.2 Å². The van der Waals surface area contributed by atoms with E-state index < -0.39 is 24.7 Å². The topological polar surface area (TPSA) is 107 Å². The van der Waals surface area contributed by atoms with Gasteiger partial charge >= 0.3 is 12.5 Å². The fourth-order valence-electron chi connectivity index (χ4n) is 2.84. The standard InChI is InChI=1S/C13H16F3N3O5/c14-13(15,16)23-8-3-6(4-8)10-18-11(24-19-10)9-2-1-7(5-22-9)17-12(20)21/h6-9,17H,1-5H2,(H,20,21)/t6?,7-,8?,9+/m1/s1. The van der Waals surface area contributed by atoms with Gasteiger partial charge < -0.3 is 19.7 Å². The molecule has 1 saturated heterocycles. The minimum absolute atomic E-state index is 0.189. The van der Waals surface area contributed by atoms with Crippen LogP contribution in [0.4, 0.5) is 18.0 Å². The average Bonchev–Trinajstić information content (AvgIpc) is 2.91. The van der Waals surface area contributed by atoms with Crippen molar-refractivity contribution in [3.05, 3.63) is 11.7 Å². The van der Waals surface area contributed by atoms with Gasteiger partial charge in [-0.1, -0.05) is 5.16 Å². The Labute approximate surface area is 134 Å².